The van der Waals surface area contributed by atoms with E-state index >= 15 is 0 Å². The van der Waals surface area contributed by atoms with Gasteiger partial charge in [0.1, 0.15) is 11.5 Å². The largest absolute Gasteiger partial charge is 0.455 e. The average Bonchev–Trinajstić information content (AvgIpc) is 3.59. The van der Waals surface area contributed by atoms with E-state index in [0.717, 1.165) is 72.9 Å². The highest BCUT2D eigenvalue weighted by molar-refractivity contribution is 6.00. The topological polar surface area (TPSA) is 47.9 Å². The number of fused-ring (bicyclic) bond motifs is 13. The highest BCUT2D eigenvalue weighted by Gasteiger charge is 2.52. The second kappa shape index (κ2) is 13.1. The lowest BCUT2D eigenvalue weighted by atomic mass is 9.65. The van der Waals surface area contributed by atoms with Crippen LogP contribution in [0.15, 0.2) is 188 Å². The maximum absolute atomic E-state index is 7.18. The lowest BCUT2D eigenvalue weighted by molar-refractivity contribution is 0.447. The first-order valence-corrected chi connectivity index (χ1v) is 20.4. The van der Waals surface area contributed by atoms with Crippen molar-refractivity contribution in [3.05, 3.63) is 216 Å². The standard InChI is InChI=1S/C55H37N3O/c1-34-19-21-39(22-20-34)52-56-53(40-25-23-36(24-26-40)35-11-3-2-4-12-35)58-54(57-52)41-27-30-45-44-17-9-10-18-46(44)55(49(45)33-41)47-31-28-37-13-5-7-15-42(37)50(47)59-51-43-16-8-6-14-38(43)29-32-48(51)55/h2-19,21-34H,20H2,1H3. The molecule has 3 aliphatic rings. The molecule has 1 spiro atoms. The molecule has 0 radical (unpaired) electrons. The van der Waals surface area contributed by atoms with Crippen LogP contribution in [0.5, 0.6) is 11.5 Å². The number of nitrogens with zero attached hydrogens (tertiary/aromatic N) is 3. The van der Waals surface area contributed by atoms with Crippen molar-refractivity contribution in [1.29, 1.82) is 0 Å². The minimum Gasteiger partial charge on any atom is -0.455 e. The minimum absolute atomic E-state index is 0.471. The van der Waals surface area contributed by atoms with Crippen LogP contribution in [0.25, 0.3) is 72.1 Å². The summed E-state index contributed by atoms with van der Waals surface area (Å²) in [5, 5.41) is 4.48. The van der Waals surface area contributed by atoms with Gasteiger partial charge in [-0.1, -0.05) is 189 Å². The monoisotopic (exact) mass is 755 g/mol. The molecule has 1 aromatic heterocycles. The molecule has 2 heterocycles. The number of rotatable bonds is 4. The van der Waals surface area contributed by atoms with Gasteiger partial charge >= 0.3 is 0 Å². The van der Waals surface area contributed by atoms with E-state index in [0.29, 0.717) is 23.4 Å². The highest BCUT2D eigenvalue weighted by atomic mass is 16.5. The SMILES string of the molecule is CC1C=CC(c2nc(-c3ccc(-c4ccccc4)cc3)nc(-c3ccc4c(c3)C3(c5ccccc5-4)c4ccc5ccccc5c4Oc4c3ccc3ccccc43)n2)=CC1. The summed E-state index contributed by atoms with van der Waals surface area (Å²) in [6.07, 6.45) is 7.61. The molecular formula is C55H37N3O. The Labute approximate surface area is 342 Å². The van der Waals surface area contributed by atoms with Crippen molar-refractivity contribution in [2.75, 3.05) is 0 Å². The molecule has 0 saturated carbocycles. The molecule has 4 nitrogen and oxygen atoms in total. The zero-order valence-electron chi connectivity index (χ0n) is 32.4. The Bertz CT molecular complexity index is 3150. The molecule has 59 heavy (non-hydrogen) atoms. The number of hydrogen-bond donors (Lipinski definition) is 0. The van der Waals surface area contributed by atoms with Gasteiger partial charge in [-0.25, -0.2) is 15.0 Å². The zero-order chi connectivity index (χ0) is 39.1. The van der Waals surface area contributed by atoms with E-state index in [1.54, 1.807) is 0 Å². The van der Waals surface area contributed by atoms with Crippen LogP contribution < -0.4 is 4.74 Å². The molecule has 1 atom stereocenters. The molecule has 4 heteroatoms. The predicted octanol–water partition coefficient (Wildman–Crippen LogP) is 13.6. The second-order valence-electron chi connectivity index (χ2n) is 16.0. The van der Waals surface area contributed by atoms with Crippen LogP contribution in [0.3, 0.4) is 0 Å². The first-order valence-electron chi connectivity index (χ1n) is 20.4. The summed E-state index contributed by atoms with van der Waals surface area (Å²) in [6, 6.07) is 60.9. The van der Waals surface area contributed by atoms with Gasteiger partial charge in [0, 0.05) is 38.6 Å². The summed E-state index contributed by atoms with van der Waals surface area (Å²) in [6.45, 7) is 2.24. The van der Waals surface area contributed by atoms with E-state index in [4.69, 9.17) is 19.7 Å². The Morgan fingerprint density at radius 3 is 1.73 bits per heavy atom. The van der Waals surface area contributed by atoms with Crippen molar-refractivity contribution in [2.24, 2.45) is 5.92 Å². The van der Waals surface area contributed by atoms with Gasteiger partial charge in [-0.05, 0) is 62.6 Å². The van der Waals surface area contributed by atoms with Gasteiger partial charge in [0.05, 0.1) is 5.41 Å². The van der Waals surface area contributed by atoms with Gasteiger partial charge < -0.3 is 4.74 Å². The second-order valence-corrected chi connectivity index (χ2v) is 16.0. The van der Waals surface area contributed by atoms with Crippen molar-refractivity contribution in [3.8, 4) is 56.5 Å². The summed E-state index contributed by atoms with van der Waals surface area (Å²) in [5.41, 5.74) is 11.7. The Balaban J connectivity index is 1.11. The smallest absolute Gasteiger partial charge is 0.164 e. The summed E-state index contributed by atoms with van der Waals surface area (Å²) in [7, 11) is 0. The molecule has 2 aliphatic carbocycles. The number of allylic oxidation sites excluding steroid dienone is 4. The third kappa shape index (κ3) is 5.12. The third-order valence-electron chi connectivity index (χ3n) is 12.5. The van der Waals surface area contributed by atoms with Gasteiger partial charge in [0.2, 0.25) is 0 Å². The molecule has 0 saturated heterocycles. The van der Waals surface area contributed by atoms with E-state index < -0.39 is 5.41 Å². The molecular weight excluding hydrogens is 719 g/mol. The van der Waals surface area contributed by atoms with Crippen LogP contribution in [0.2, 0.25) is 0 Å². The number of aromatic nitrogens is 3. The predicted molar refractivity (Wildman–Crippen MR) is 239 cm³/mol. The molecule has 12 rings (SSSR count). The Kier molecular flexibility index (Phi) is 7.45. The Hall–Kier alpha value is -7.43. The number of hydrogen-bond acceptors (Lipinski definition) is 4. The van der Waals surface area contributed by atoms with Crippen molar-refractivity contribution >= 4 is 27.1 Å². The van der Waals surface area contributed by atoms with Crippen molar-refractivity contribution < 1.29 is 4.74 Å². The van der Waals surface area contributed by atoms with Gasteiger partial charge in [-0.2, -0.15) is 0 Å². The molecule has 0 fully saturated rings. The molecule has 0 bridgehead atoms. The first kappa shape index (κ1) is 33.7. The van der Waals surface area contributed by atoms with E-state index in [2.05, 4.69) is 189 Å². The van der Waals surface area contributed by atoms with Crippen LogP contribution in [0.4, 0.5) is 0 Å². The van der Waals surface area contributed by atoms with Crippen molar-refractivity contribution in [3.63, 3.8) is 0 Å². The van der Waals surface area contributed by atoms with Gasteiger partial charge in [0.25, 0.3) is 0 Å². The number of ether oxygens (including phenoxy) is 1. The Morgan fingerprint density at radius 2 is 1.03 bits per heavy atom. The van der Waals surface area contributed by atoms with E-state index in [9.17, 15) is 0 Å². The van der Waals surface area contributed by atoms with Crippen LogP contribution in [0.1, 0.15) is 41.4 Å². The summed E-state index contributed by atoms with van der Waals surface area (Å²) in [4.78, 5) is 15.6. The van der Waals surface area contributed by atoms with Crippen molar-refractivity contribution in [2.45, 2.75) is 18.8 Å². The fourth-order valence-electron chi connectivity index (χ4n) is 9.64. The highest BCUT2D eigenvalue weighted by Crippen LogP contribution is 2.64. The normalized spacial score (nSPS) is 15.6. The van der Waals surface area contributed by atoms with E-state index in [1.165, 1.54) is 27.8 Å². The minimum atomic E-state index is -0.671. The fourth-order valence-corrected chi connectivity index (χ4v) is 9.64. The lowest BCUT2D eigenvalue weighted by Crippen LogP contribution is -2.32. The third-order valence-corrected chi connectivity index (χ3v) is 12.5. The average molecular weight is 756 g/mol. The fraction of sp³-hybridized carbons (Fsp3) is 0.0727. The zero-order valence-corrected chi connectivity index (χ0v) is 32.4. The molecule has 9 aromatic rings. The first-order chi connectivity index (χ1) is 29.1. The van der Waals surface area contributed by atoms with Gasteiger partial charge in [0.15, 0.2) is 17.5 Å². The van der Waals surface area contributed by atoms with Gasteiger partial charge in [-0.15, -0.1) is 0 Å². The van der Waals surface area contributed by atoms with E-state index in [-0.39, 0.29) is 0 Å². The molecule has 0 N–H and O–H groups in total. The van der Waals surface area contributed by atoms with E-state index in [1.807, 2.05) is 6.07 Å². The maximum Gasteiger partial charge on any atom is 0.164 e. The summed E-state index contributed by atoms with van der Waals surface area (Å²) in [5.74, 6) is 4.24. The summed E-state index contributed by atoms with van der Waals surface area (Å²) >= 11 is 0. The molecule has 1 unspecified atom stereocenters. The lowest BCUT2D eigenvalue weighted by Gasteiger charge is -2.40. The molecule has 0 amide bonds. The Morgan fingerprint density at radius 1 is 0.475 bits per heavy atom. The van der Waals surface area contributed by atoms with Crippen LogP contribution >= 0.6 is 0 Å². The van der Waals surface area contributed by atoms with Crippen LogP contribution in [-0.4, -0.2) is 15.0 Å². The van der Waals surface area contributed by atoms with Crippen LogP contribution in [-0.2, 0) is 5.41 Å². The molecule has 1 aliphatic heterocycles. The van der Waals surface area contributed by atoms with Crippen LogP contribution in [0, 0.1) is 5.92 Å². The maximum atomic E-state index is 7.18. The van der Waals surface area contributed by atoms with Gasteiger partial charge in [-0.3, -0.25) is 0 Å². The van der Waals surface area contributed by atoms with Crippen molar-refractivity contribution in [1.82, 2.24) is 15.0 Å². The number of benzene rings is 8. The summed E-state index contributed by atoms with van der Waals surface area (Å²) < 4.78 is 7.18. The molecule has 8 aromatic carbocycles. The quantitative estimate of drug-likeness (QED) is 0.179. The molecule has 278 valence electrons.